The topological polar surface area (TPSA) is 46.5 Å². The van der Waals surface area contributed by atoms with E-state index in [4.69, 9.17) is 9.84 Å². The molecule has 0 saturated heterocycles. The predicted octanol–water partition coefficient (Wildman–Crippen LogP) is 2.79. The van der Waals surface area contributed by atoms with Gasteiger partial charge in [0.2, 0.25) is 0 Å². The summed E-state index contributed by atoms with van der Waals surface area (Å²) >= 11 is 0. The van der Waals surface area contributed by atoms with Gasteiger partial charge in [0.1, 0.15) is 6.10 Å². The largest absolute Gasteiger partial charge is 0.506 e. The molecule has 1 aliphatic carbocycles. The monoisotopic (exact) mass is 172 g/mol. The molecule has 1 aliphatic rings. The van der Waals surface area contributed by atoms with Crippen LogP contribution in [0.5, 0.6) is 0 Å². The second kappa shape index (κ2) is 5.01. The summed E-state index contributed by atoms with van der Waals surface area (Å²) in [5, 5.41) is 8.41. The molecule has 0 aromatic heterocycles. The fraction of sp³-hybridized carbons (Fsp3) is 0.889. The van der Waals surface area contributed by atoms with Crippen LogP contribution in [0.15, 0.2) is 0 Å². The first-order chi connectivity index (χ1) is 5.79. The van der Waals surface area contributed by atoms with E-state index in [1.807, 2.05) is 0 Å². The van der Waals surface area contributed by atoms with E-state index in [2.05, 4.69) is 0 Å². The number of hydrogen-bond donors (Lipinski definition) is 1. The highest BCUT2D eigenvalue weighted by atomic mass is 16.7. The Hall–Kier alpha value is -0.730. The minimum atomic E-state index is -1.12. The molecule has 1 N–H and O–H groups in total. The summed E-state index contributed by atoms with van der Waals surface area (Å²) in [6, 6.07) is 0. The van der Waals surface area contributed by atoms with Crippen LogP contribution < -0.4 is 0 Å². The molecule has 12 heavy (non-hydrogen) atoms. The Bertz CT molecular complexity index is 137. The summed E-state index contributed by atoms with van der Waals surface area (Å²) in [7, 11) is 0. The van der Waals surface area contributed by atoms with Crippen molar-refractivity contribution in [2.75, 3.05) is 0 Å². The lowest BCUT2D eigenvalue weighted by atomic mass is 9.99. The van der Waals surface area contributed by atoms with Crippen LogP contribution >= 0.6 is 0 Å². The molecular formula is C9H16O3. The molecule has 0 aromatic rings. The Morgan fingerprint density at radius 2 is 1.58 bits per heavy atom. The minimum Gasteiger partial charge on any atom is -0.450 e. The molecule has 1 rings (SSSR count). The van der Waals surface area contributed by atoms with E-state index in [1.165, 1.54) is 19.3 Å². The van der Waals surface area contributed by atoms with Gasteiger partial charge >= 0.3 is 6.16 Å². The molecule has 0 aliphatic heterocycles. The smallest absolute Gasteiger partial charge is 0.450 e. The highest BCUT2D eigenvalue weighted by Crippen LogP contribution is 2.19. The van der Waals surface area contributed by atoms with Crippen LogP contribution in [0.1, 0.15) is 44.9 Å². The molecule has 0 amide bonds. The molecule has 3 heteroatoms. The van der Waals surface area contributed by atoms with Crippen LogP contribution in [0.4, 0.5) is 4.79 Å². The Labute approximate surface area is 72.7 Å². The molecule has 1 saturated carbocycles. The fourth-order valence-electron chi connectivity index (χ4n) is 1.68. The average molecular weight is 172 g/mol. The van der Waals surface area contributed by atoms with Crippen LogP contribution in [0.3, 0.4) is 0 Å². The van der Waals surface area contributed by atoms with Crippen molar-refractivity contribution in [3.8, 4) is 0 Å². The molecule has 0 spiro atoms. The normalized spacial score (nSPS) is 21.0. The lowest BCUT2D eigenvalue weighted by Crippen LogP contribution is -2.17. The second-order valence-electron chi connectivity index (χ2n) is 3.35. The van der Waals surface area contributed by atoms with Crippen molar-refractivity contribution in [3.63, 3.8) is 0 Å². The first-order valence-corrected chi connectivity index (χ1v) is 4.68. The van der Waals surface area contributed by atoms with Crippen molar-refractivity contribution in [1.29, 1.82) is 0 Å². The average Bonchev–Trinajstić information content (AvgIpc) is 1.93. The number of carboxylic acid groups (broad SMARTS) is 1. The maximum absolute atomic E-state index is 10.2. The highest BCUT2D eigenvalue weighted by Gasteiger charge is 2.14. The molecule has 3 nitrogen and oxygen atoms in total. The number of rotatable bonds is 1. The molecule has 0 bridgehead atoms. The van der Waals surface area contributed by atoms with Crippen molar-refractivity contribution in [2.45, 2.75) is 51.0 Å². The van der Waals surface area contributed by atoms with Gasteiger partial charge in [-0.15, -0.1) is 0 Å². The highest BCUT2D eigenvalue weighted by molar-refractivity contribution is 5.57. The molecule has 70 valence electrons. The molecule has 0 radical (unpaired) electrons. The zero-order valence-electron chi connectivity index (χ0n) is 7.29. The summed E-state index contributed by atoms with van der Waals surface area (Å²) in [6.07, 6.45) is 6.61. The van der Waals surface area contributed by atoms with Gasteiger partial charge in [-0.05, 0) is 25.7 Å². The van der Waals surface area contributed by atoms with Gasteiger partial charge in [0.05, 0.1) is 0 Å². The Kier molecular flexibility index (Phi) is 3.91. The Morgan fingerprint density at radius 1 is 1.08 bits per heavy atom. The van der Waals surface area contributed by atoms with Gasteiger partial charge < -0.3 is 9.84 Å². The second-order valence-corrected chi connectivity index (χ2v) is 3.35. The quantitative estimate of drug-likeness (QED) is 0.618. The van der Waals surface area contributed by atoms with E-state index in [0.717, 1.165) is 25.7 Å². The van der Waals surface area contributed by atoms with E-state index in [0.29, 0.717) is 0 Å². The number of hydrogen-bond acceptors (Lipinski definition) is 2. The van der Waals surface area contributed by atoms with Gasteiger partial charge in [-0.2, -0.15) is 0 Å². The van der Waals surface area contributed by atoms with Crippen LogP contribution in [0.25, 0.3) is 0 Å². The SMILES string of the molecule is O=C(O)OC1CCCCCCC1. The maximum Gasteiger partial charge on any atom is 0.506 e. The lowest BCUT2D eigenvalue weighted by molar-refractivity contribution is 0.0406. The van der Waals surface area contributed by atoms with Gasteiger partial charge in [-0.25, -0.2) is 4.79 Å². The zero-order valence-corrected chi connectivity index (χ0v) is 7.29. The first kappa shape index (κ1) is 9.36. The van der Waals surface area contributed by atoms with Crippen LogP contribution in [-0.4, -0.2) is 17.4 Å². The molecule has 0 heterocycles. The zero-order chi connectivity index (χ0) is 8.81. The van der Waals surface area contributed by atoms with Crippen molar-refractivity contribution in [3.05, 3.63) is 0 Å². The van der Waals surface area contributed by atoms with E-state index < -0.39 is 6.16 Å². The summed E-state index contributed by atoms with van der Waals surface area (Å²) in [5.41, 5.74) is 0. The Morgan fingerprint density at radius 3 is 2.08 bits per heavy atom. The number of ether oxygens (including phenoxy) is 1. The summed E-state index contributed by atoms with van der Waals surface area (Å²) in [4.78, 5) is 10.2. The van der Waals surface area contributed by atoms with Gasteiger partial charge in [-0.3, -0.25) is 0 Å². The molecule has 0 aromatic carbocycles. The van der Waals surface area contributed by atoms with Gasteiger partial charge in [-0.1, -0.05) is 19.3 Å². The van der Waals surface area contributed by atoms with Gasteiger partial charge in [0, 0.05) is 0 Å². The lowest BCUT2D eigenvalue weighted by Gasteiger charge is -2.17. The van der Waals surface area contributed by atoms with Crippen LogP contribution in [0.2, 0.25) is 0 Å². The van der Waals surface area contributed by atoms with Gasteiger partial charge in [0.15, 0.2) is 0 Å². The van der Waals surface area contributed by atoms with Gasteiger partial charge in [0.25, 0.3) is 0 Å². The molecule has 0 unspecified atom stereocenters. The maximum atomic E-state index is 10.2. The molecule has 1 fully saturated rings. The van der Waals surface area contributed by atoms with Crippen LogP contribution in [0, 0.1) is 0 Å². The fourth-order valence-corrected chi connectivity index (χ4v) is 1.68. The van der Waals surface area contributed by atoms with Crippen LogP contribution in [-0.2, 0) is 4.74 Å². The van der Waals surface area contributed by atoms with E-state index in [-0.39, 0.29) is 6.10 Å². The third-order valence-electron chi connectivity index (χ3n) is 2.32. The summed E-state index contributed by atoms with van der Waals surface area (Å²) < 4.78 is 4.74. The summed E-state index contributed by atoms with van der Waals surface area (Å²) in [6.45, 7) is 0. The van der Waals surface area contributed by atoms with Crippen molar-refractivity contribution in [1.82, 2.24) is 0 Å². The third kappa shape index (κ3) is 3.60. The van der Waals surface area contributed by atoms with E-state index in [9.17, 15) is 4.79 Å². The van der Waals surface area contributed by atoms with E-state index in [1.54, 1.807) is 0 Å². The standard InChI is InChI=1S/C9H16O3/c10-9(11)12-8-6-4-2-1-3-5-7-8/h8H,1-7H2,(H,10,11). The predicted molar refractivity (Wildman–Crippen MR) is 45.2 cm³/mol. The molecular weight excluding hydrogens is 156 g/mol. The van der Waals surface area contributed by atoms with Crippen molar-refractivity contribution >= 4 is 6.16 Å². The summed E-state index contributed by atoms with van der Waals surface area (Å²) in [5.74, 6) is 0. The Balaban J connectivity index is 2.24. The minimum absolute atomic E-state index is 0.0391. The van der Waals surface area contributed by atoms with Crippen molar-refractivity contribution < 1.29 is 14.6 Å². The van der Waals surface area contributed by atoms with E-state index >= 15 is 0 Å². The van der Waals surface area contributed by atoms with Crippen molar-refractivity contribution in [2.24, 2.45) is 0 Å². The first-order valence-electron chi connectivity index (χ1n) is 4.68. The molecule has 0 atom stereocenters. The third-order valence-corrected chi connectivity index (χ3v) is 2.32. The number of carbonyl (C=O) groups is 1.